The zero-order valence-corrected chi connectivity index (χ0v) is 18.1. The first kappa shape index (κ1) is 21.4. The molecule has 0 unspecified atom stereocenters. The molecule has 0 radical (unpaired) electrons. The van der Waals surface area contributed by atoms with E-state index in [1.807, 2.05) is 36.4 Å². The molecule has 0 amide bonds. The summed E-state index contributed by atoms with van der Waals surface area (Å²) in [5.41, 5.74) is 9.35. The fourth-order valence-electron chi connectivity index (χ4n) is 5.01. The van der Waals surface area contributed by atoms with E-state index >= 15 is 0 Å². The van der Waals surface area contributed by atoms with Crippen LogP contribution in [-0.2, 0) is 13.0 Å². The minimum Gasteiger partial charge on any atom is -0.399 e. The van der Waals surface area contributed by atoms with Gasteiger partial charge in [0, 0.05) is 31.5 Å². The number of allylic oxidation sites excluding steroid dienone is 2. The first-order valence-electron chi connectivity index (χ1n) is 10.9. The Morgan fingerprint density at radius 1 is 1.00 bits per heavy atom. The van der Waals surface area contributed by atoms with E-state index < -0.39 is 5.41 Å². The largest absolute Gasteiger partial charge is 0.399 e. The molecule has 1 heterocycles. The average molecular weight is 420 g/mol. The second-order valence-electron chi connectivity index (χ2n) is 8.43. The van der Waals surface area contributed by atoms with Crippen molar-refractivity contribution in [3.05, 3.63) is 94.2 Å². The van der Waals surface area contributed by atoms with Crippen LogP contribution in [0.3, 0.4) is 0 Å². The Morgan fingerprint density at radius 3 is 2.28 bits per heavy atom. The van der Waals surface area contributed by atoms with Crippen molar-refractivity contribution in [1.82, 2.24) is 4.90 Å². The summed E-state index contributed by atoms with van der Waals surface area (Å²) >= 11 is 0. The van der Waals surface area contributed by atoms with Gasteiger partial charge < -0.3 is 5.73 Å². The van der Waals surface area contributed by atoms with Crippen LogP contribution in [0.5, 0.6) is 0 Å². The van der Waals surface area contributed by atoms with Gasteiger partial charge in [0.25, 0.3) is 0 Å². The maximum absolute atomic E-state index is 10.1. The summed E-state index contributed by atoms with van der Waals surface area (Å²) in [5.74, 6) is -0.466. The van der Waals surface area contributed by atoms with Gasteiger partial charge in [-0.15, -0.1) is 0 Å². The predicted octanol–water partition coefficient (Wildman–Crippen LogP) is 4.17. The Labute approximate surface area is 189 Å². The molecule has 1 aliphatic heterocycles. The van der Waals surface area contributed by atoms with Crippen molar-refractivity contribution < 1.29 is 0 Å². The highest BCUT2D eigenvalue weighted by molar-refractivity contribution is 5.58. The van der Waals surface area contributed by atoms with Crippen LogP contribution in [0.2, 0.25) is 0 Å². The summed E-state index contributed by atoms with van der Waals surface area (Å²) in [7, 11) is 0. The van der Waals surface area contributed by atoms with Gasteiger partial charge in [0.2, 0.25) is 5.41 Å². The lowest BCUT2D eigenvalue weighted by molar-refractivity contribution is 0.218. The molecule has 5 nitrogen and oxygen atoms in total. The molecule has 0 fully saturated rings. The predicted molar refractivity (Wildman–Crippen MR) is 122 cm³/mol. The van der Waals surface area contributed by atoms with E-state index in [1.165, 1.54) is 11.1 Å². The molecule has 2 aliphatic rings. The zero-order valence-electron chi connectivity index (χ0n) is 18.1. The number of hydrogen-bond acceptors (Lipinski definition) is 5. The van der Waals surface area contributed by atoms with Crippen molar-refractivity contribution in [2.75, 3.05) is 13.1 Å². The summed E-state index contributed by atoms with van der Waals surface area (Å²) in [6, 6.07) is 25.0. The summed E-state index contributed by atoms with van der Waals surface area (Å²) in [5, 5.41) is 30.1. The van der Waals surface area contributed by atoms with Gasteiger partial charge in [0.1, 0.15) is 0 Å². The number of rotatable bonds is 4. The van der Waals surface area contributed by atoms with Crippen LogP contribution in [0.1, 0.15) is 29.5 Å². The third-order valence-corrected chi connectivity index (χ3v) is 6.72. The number of nitriles is 3. The quantitative estimate of drug-likeness (QED) is 0.750. The second kappa shape index (κ2) is 8.72. The van der Waals surface area contributed by atoms with Gasteiger partial charge >= 0.3 is 0 Å². The molecule has 4 rings (SSSR count). The van der Waals surface area contributed by atoms with Crippen LogP contribution < -0.4 is 5.73 Å². The summed E-state index contributed by atoms with van der Waals surface area (Å²) in [6.07, 6.45) is 2.91. The lowest BCUT2D eigenvalue weighted by atomic mass is 9.60. The fourth-order valence-corrected chi connectivity index (χ4v) is 5.01. The van der Waals surface area contributed by atoms with Gasteiger partial charge in [-0.1, -0.05) is 67.6 Å². The lowest BCUT2D eigenvalue weighted by Crippen LogP contribution is -2.47. The number of nitrogens with zero attached hydrogens (tertiary/aromatic N) is 4. The highest BCUT2D eigenvalue weighted by Crippen LogP contribution is 2.52. The summed E-state index contributed by atoms with van der Waals surface area (Å²) < 4.78 is 0. The normalized spacial score (nSPS) is 22.1. The van der Waals surface area contributed by atoms with E-state index in [4.69, 9.17) is 5.73 Å². The van der Waals surface area contributed by atoms with Crippen LogP contribution in [0.25, 0.3) is 0 Å². The summed E-state index contributed by atoms with van der Waals surface area (Å²) in [6.45, 7) is 4.13. The van der Waals surface area contributed by atoms with Gasteiger partial charge in [0.05, 0.1) is 29.5 Å². The molecule has 2 N–H and O–H groups in total. The molecule has 32 heavy (non-hydrogen) atoms. The molecule has 0 aromatic heterocycles. The van der Waals surface area contributed by atoms with Gasteiger partial charge in [-0.05, 0) is 28.7 Å². The van der Waals surface area contributed by atoms with E-state index in [0.29, 0.717) is 18.7 Å². The highest BCUT2D eigenvalue weighted by atomic mass is 15.1. The first-order chi connectivity index (χ1) is 15.6. The molecule has 0 saturated carbocycles. The van der Waals surface area contributed by atoms with Crippen molar-refractivity contribution in [1.29, 1.82) is 15.8 Å². The minimum atomic E-state index is -1.59. The second-order valence-corrected chi connectivity index (χ2v) is 8.43. The third-order valence-electron chi connectivity index (χ3n) is 6.72. The van der Waals surface area contributed by atoms with Crippen LogP contribution in [0.15, 0.2) is 77.5 Å². The Balaban J connectivity index is 1.82. The third kappa shape index (κ3) is 3.46. The van der Waals surface area contributed by atoms with Gasteiger partial charge in [-0.3, -0.25) is 4.90 Å². The molecule has 1 aliphatic carbocycles. The number of fused-ring (bicyclic) bond motifs is 1. The number of hydrogen-bond donors (Lipinski definition) is 1. The topological polar surface area (TPSA) is 101 Å². The molecular formula is C27H25N5. The number of nitrogens with two attached hydrogens (primary N) is 1. The molecule has 0 spiro atoms. The fraction of sp³-hybridized carbons (Fsp3) is 0.296. The summed E-state index contributed by atoms with van der Waals surface area (Å²) in [4.78, 5) is 2.30. The molecule has 5 heteroatoms. The number of benzene rings is 2. The SMILES string of the molecule is CCc1ccc([C@@H]2C(C#N)=C(N)C(C#N)(C#N)C3=CCN(Cc4ccccc4)C[C@H]32)cc1. The van der Waals surface area contributed by atoms with E-state index in [9.17, 15) is 15.8 Å². The molecule has 2 aromatic carbocycles. The van der Waals surface area contributed by atoms with Crippen LogP contribution in [0.4, 0.5) is 0 Å². The van der Waals surface area contributed by atoms with E-state index in [2.05, 4.69) is 54.3 Å². The van der Waals surface area contributed by atoms with Crippen molar-refractivity contribution >= 4 is 0 Å². The molecule has 158 valence electrons. The minimum absolute atomic E-state index is 0.0774. The molecular weight excluding hydrogens is 394 g/mol. The molecule has 0 saturated heterocycles. The van der Waals surface area contributed by atoms with Gasteiger partial charge in [0.15, 0.2) is 0 Å². The smallest absolute Gasteiger partial charge is 0.204 e. The molecule has 2 atom stereocenters. The standard InChI is InChI=1S/C27H25N5/c1-2-19-8-10-21(11-9-19)25-22(14-28)26(31)27(17-29,18-30)24-12-13-32(16-23(24)25)15-20-6-4-3-5-7-20/h3-12,23,25H,2,13,15-16,31H2,1H3/t23-,25-/m1/s1. The van der Waals surface area contributed by atoms with E-state index in [1.54, 1.807) is 0 Å². The Hall–Kier alpha value is -3.85. The van der Waals surface area contributed by atoms with Crippen molar-refractivity contribution in [2.24, 2.45) is 17.1 Å². The van der Waals surface area contributed by atoms with Gasteiger partial charge in [-0.2, -0.15) is 15.8 Å². The highest BCUT2D eigenvalue weighted by Gasteiger charge is 2.52. The van der Waals surface area contributed by atoms with Crippen LogP contribution in [0, 0.1) is 45.3 Å². The first-order valence-corrected chi connectivity index (χ1v) is 10.9. The molecule has 2 aromatic rings. The maximum Gasteiger partial charge on any atom is 0.204 e. The van der Waals surface area contributed by atoms with Crippen molar-refractivity contribution in [3.63, 3.8) is 0 Å². The average Bonchev–Trinajstić information content (AvgIpc) is 2.84. The number of aryl methyl sites for hydroxylation is 1. The van der Waals surface area contributed by atoms with Crippen LogP contribution in [-0.4, -0.2) is 18.0 Å². The Bertz CT molecular complexity index is 1170. The van der Waals surface area contributed by atoms with Crippen molar-refractivity contribution in [3.8, 4) is 18.2 Å². The van der Waals surface area contributed by atoms with Gasteiger partial charge in [-0.25, -0.2) is 0 Å². The monoisotopic (exact) mass is 419 g/mol. The van der Waals surface area contributed by atoms with Crippen LogP contribution >= 0.6 is 0 Å². The Morgan fingerprint density at radius 2 is 1.69 bits per heavy atom. The maximum atomic E-state index is 10.1. The Kier molecular flexibility index (Phi) is 5.83. The zero-order chi connectivity index (χ0) is 22.7. The molecule has 0 bridgehead atoms. The van der Waals surface area contributed by atoms with E-state index in [0.717, 1.165) is 24.1 Å². The van der Waals surface area contributed by atoms with Crippen molar-refractivity contribution in [2.45, 2.75) is 25.8 Å². The van der Waals surface area contributed by atoms with E-state index in [-0.39, 0.29) is 17.5 Å². The lowest BCUT2D eigenvalue weighted by Gasteiger charge is -2.45.